The average molecular weight is 564 g/mol. The Hall–Kier alpha value is -1.84. The quantitative estimate of drug-likeness (QED) is 0.0907. The molecule has 2 unspecified atom stereocenters. The van der Waals surface area contributed by atoms with Crippen LogP contribution in [0.5, 0.6) is 0 Å². The molecule has 222 valence electrons. The van der Waals surface area contributed by atoms with E-state index in [1.807, 2.05) is 30.0 Å². The average Bonchev–Trinajstić information content (AvgIpc) is 2.92. The minimum absolute atomic E-state index is 0.0548. The fourth-order valence-corrected chi connectivity index (χ4v) is 6.42. The largest absolute Gasteiger partial charge is 0.299 e. The molecule has 0 bridgehead atoms. The van der Waals surface area contributed by atoms with Crippen LogP contribution in [0.4, 0.5) is 0 Å². The van der Waals surface area contributed by atoms with Crippen LogP contribution in [0.1, 0.15) is 128 Å². The van der Waals surface area contributed by atoms with Gasteiger partial charge in [-0.05, 0) is 73.5 Å². The molecule has 2 aromatic rings. The number of thioether (sulfide) groups is 1. The van der Waals surface area contributed by atoms with E-state index >= 15 is 0 Å². The van der Waals surface area contributed by atoms with E-state index < -0.39 is 0 Å². The molecule has 0 N–H and O–H groups in total. The normalized spacial score (nSPS) is 13.7. The van der Waals surface area contributed by atoms with Crippen LogP contribution in [0.2, 0.25) is 0 Å². The Balaban J connectivity index is 1.80. The highest BCUT2D eigenvalue weighted by Gasteiger charge is 2.19. The van der Waals surface area contributed by atoms with Gasteiger partial charge in [-0.3, -0.25) is 9.69 Å². The zero-order chi connectivity index (χ0) is 29.4. The molecule has 2 atom stereocenters. The van der Waals surface area contributed by atoms with Crippen LogP contribution < -0.4 is 0 Å². The summed E-state index contributed by atoms with van der Waals surface area (Å²) in [6.45, 7) is 19.5. The number of carbonyl (C=O) groups excluding carboxylic acids is 1. The van der Waals surface area contributed by atoms with Gasteiger partial charge in [0, 0.05) is 21.8 Å². The topological polar surface area (TPSA) is 20.3 Å². The molecule has 0 radical (unpaired) electrons. The summed E-state index contributed by atoms with van der Waals surface area (Å²) in [5.41, 5.74) is 3.08. The van der Waals surface area contributed by atoms with Gasteiger partial charge in [0.2, 0.25) is 0 Å². The zero-order valence-corrected chi connectivity index (χ0v) is 27.5. The lowest BCUT2D eigenvalue weighted by Gasteiger charge is -2.25. The van der Waals surface area contributed by atoms with Crippen molar-refractivity contribution in [2.24, 2.45) is 11.8 Å². The fraction of sp³-hybridized carbons (Fsp3) is 0.595. The molecule has 2 rings (SSSR count). The lowest BCUT2D eigenvalue weighted by atomic mass is 9.93. The Morgan fingerprint density at radius 2 is 1.45 bits per heavy atom. The van der Waals surface area contributed by atoms with Gasteiger partial charge in [-0.1, -0.05) is 129 Å². The van der Waals surface area contributed by atoms with Gasteiger partial charge >= 0.3 is 0 Å². The van der Waals surface area contributed by atoms with Crippen LogP contribution in [0.3, 0.4) is 0 Å². The van der Waals surface area contributed by atoms with E-state index in [2.05, 4.69) is 89.8 Å². The summed E-state index contributed by atoms with van der Waals surface area (Å²) in [6, 6.07) is 16.8. The van der Waals surface area contributed by atoms with Gasteiger partial charge in [0.05, 0.1) is 0 Å². The van der Waals surface area contributed by atoms with E-state index in [-0.39, 0.29) is 10.5 Å². The second kappa shape index (κ2) is 18.6. The summed E-state index contributed by atoms with van der Waals surface area (Å²) in [5, 5.41) is 0. The lowest BCUT2D eigenvalue weighted by Crippen LogP contribution is -2.24. The van der Waals surface area contributed by atoms with E-state index in [1.54, 1.807) is 6.08 Å². The number of hydrogen-bond donors (Lipinski definition) is 0. The van der Waals surface area contributed by atoms with Crippen molar-refractivity contribution < 1.29 is 4.79 Å². The van der Waals surface area contributed by atoms with E-state index in [9.17, 15) is 4.79 Å². The third-order valence-corrected chi connectivity index (χ3v) is 9.26. The Morgan fingerprint density at radius 1 is 0.850 bits per heavy atom. The monoisotopic (exact) mass is 563 g/mol. The molecule has 0 aromatic heterocycles. The number of hydrogen-bond acceptors (Lipinski definition) is 3. The first-order valence-electron chi connectivity index (χ1n) is 16.0. The standard InChI is InChI=1S/C37H57NOS/c1-8-27-38(28-9-2)29-33-16-21-34(22-17-33)36(39)25-20-32-18-23-35(24-19-32)40-37(6,7)26-12-15-31(5)14-11-13-30(4)10-3/h16-25,30-31H,8-15,26-29H2,1-7H3/b25-20+. The molecule has 0 amide bonds. The fourth-order valence-electron chi connectivity index (χ4n) is 5.26. The molecule has 0 saturated carbocycles. The number of ketones is 1. The van der Waals surface area contributed by atoms with Crippen molar-refractivity contribution in [3.8, 4) is 0 Å². The van der Waals surface area contributed by atoms with Crippen molar-refractivity contribution in [3.63, 3.8) is 0 Å². The highest BCUT2D eigenvalue weighted by molar-refractivity contribution is 8.00. The van der Waals surface area contributed by atoms with Crippen LogP contribution in [-0.4, -0.2) is 28.5 Å². The predicted octanol–water partition coefficient (Wildman–Crippen LogP) is 11.1. The maximum Gasteiger partial charge on any atom is 0.185 e. The summed E-state index contributed by atoms with van der Waals surface area (Å²) in [6.07, 6.45) is 15.3. The molecule has 3 heteroatoms. The minimum atomic E-state index is 0.0548. The number of allylic oxidation sites excluding steroid dienone is 1. The van der Waals surface area contributed by atoms with Crippen molar-refractivity contribution in [3.05, 3.63) is 71.3 Å². The smallest absolute Gasteiger partial charge is 0.185 e. The number of benzene rings is 2. The van der Waals surface area contributed by atoms with E-state index in [0.29, 0.717) is 0 Å². The lowest BCUT2D eigenvalue weighted by molar-refractivity contribution is 0.104. The van der Waals surface area contributed by atoms with Crippen LogP contribution >= 0.6 is 11.8 Å². The number of nitrogens with zero attached hydrogens (tertiary/aromatic N) is 1. The van der Waals surface area contributed by atoms with Crippen LogP contribution in [0.25, 0.3) is 6.08 Å². The minimum Gasteiger partial charge on any atom is -0.299 e. The summed E-state index contributed by atoms with van der Waals surface area (Å²) < 4.78 is 0.222. The first-order chi connectivity index (χ1) is 19.2. The Labute approximate surface area is 251 Å². The van der Waals surface area contributed by atoms with Crippen molar-refractivity contribution in [1.82, 2.24) is 4.90 Å². The highest BCUT2D eigenvalue weighted by atomic mass is 32.2. The molecule has 2 aromatic carbocycles. The maximum absolute atomic E-state index is 12.8. The van der Waals surface area contributed by atoms with E-state index in [0.717, 1.165) is 55.4 Å². The van der Waals surface area contributed by atoms with Crippen molar-refractivity contribution in [2.45, 2.75) is 122 Å². The molecule has 0 heterocycles. The molecular weight excluding hydrogens is 506 g/mol. The van der Waals surface area contributed by atoms with Gasteiger partial charge in [0.1, 0.15) is 0 Å². The molecule has 0 fully saturated rings. The van der Waals surface area contributed by atoms with Crippen LogP contribution in [0, 0.1) is 11.8 Å². The molecule has 0 aliphatic rings. The van der Waals surface area contributed by atoms with Gasteiger partial charge in [0.15, 0.2) is 5.78 Å². The van der Waals surface area contributed by atoms with Gasteiger partial charge in [-0.25, -0.2) is 0 Å². The van der Waals surface area contributed by atoms with E-state index in [4.69, 9.17) is 0 Å². The van der Waals surface area contributed by atoms with Crippen LogP contribution in [0.15, 0.2) is 59.5 Å². The SMILES string of the molecule is CCCN(CCC)Cc1ccc(C(=O)/C=C/c2ccc(SC(C)(C)CCCC(C)CCCC(C)CC)cc2)cc1. The molecule has 0 aliphatic heterocycles. The molecule has 40 heavy (non-hydrogen) atoms. The van der Waals surface area contributed by atoms with Gasteiger partial charge in [-0.2, -0.15) is 0 Å². The van der Waals surface area contributed by atoms with Crippen molar-refractivity contribution in [1.29, 1.82) is 0 Å². The summed E-state index contributed by atoms with van der Waals surface area (Å²) >= 11 is 1.97. The molecule has 0 aliphatic carbocycles. The van der Waals surface area contributed by atoms with Gasteiger partial charge < -0.3 is 0 Å². The molecule has 2 nitrogen and oxygen atoms in total. The Morgan fingerprint density at radius 3 is 2.05 bits per heavy atom. The third-order valence-electron chi connectivity index (χ3n) is 7.99. The summed E-state index contributed by atoms with van der Waals surface area (Å²) in [5.74, 6) is 1.76. The Bertz CT molecular complexity index is 986. The zero-order valence-electron chi connectivity index (χ0n) is 26.7. The summed E-state index contributed by atoms with van der Waals surface area (Å²) in [4.78, 5) is 16.5. The van der Waals surface area contributed by atoms with Crippen molar-refractivity contribution >= 4 is 23.6 Å². The van der Waals surface area contributed by atoms with Crippen molar-refractivity contribution in [2.75, 3.05) is 13.1 Å². The second-order valence-corrected chi connectivity index (χ2v) is 14.3. The first kappa shape index (κ1) is 34.4. The highest BCUT2D eigenvalue weighted by Crippen LogP contribution is 2.37. The molecule has 0 saturated heterocycles. The number of carbonyl (C=O) groups is 1. The van der Waals surface area contributed by atoms with E-state index in [1.165, 1.54) is 55.4 Å². The number of rotatable bonds is 20. The second-order valence-electron chi connectivity index (χ2n) is 12.5. The summed E-state index contributed by atoms with van der Waals surface area (Å²) in [7, 11) is 0. The molecular formula is C37H57NOS. The molecule has 0 spiro atoms. The predicted molar refractivity (Wildman–Crippen MR) is 178 cm³/mol. The maximum atomic E-state index is 12.8. The van der Waals surface area contributed by atoms with Gasteiger partial charge in [0.25, 0.3) is 0 Å². The van der Waals surface area contributed by atoms with Gasteiger partial charge in [-0.15, -0.1) is 11.8 Å². The Kier molecular flexibility index (Phi) is 15.9. The first-order valence-corrected chi connectivity index (χ1v) is 16.8. The van der Waals surface area contributed by atoms with Crippen LogP contribution in [-0.2, 0) is 6.54 Å². The third kappa shape index (κ3) is 13.7.